The predicted molar refractivity (Wildman–Crippen MR) is 101 cm³/mol. The van der Waals surface area contributed by atoms with E-state index in [-0.39, 0.29) is 12.0 Å². The Labute approximate surface area is 153 Å². The van der Waals surface area contributed by atoms with Crippen molar-refractivity contribution in [2.24, 2.45) is 5.92 Å². The lowest BCUT2D eigenvalue weighted by atomic mass is 9.99. The molecule has 1 fully saturated rings. The van der Waals surface area contributed by atoms with E-state index in [2.05, 4.69) is 28.1 Å². The summed E-state index contributed by atoms with van der Waals surface area (Å²) in [5.41, 5.74) is 3.00. The normalized spacial score (nSPS) is 20.5. The summed E-state index contributed by atoms with van der Waals surface area (Å²) < 4.78 is 5.19. The molecule has 2 aromatic heterocycles. The molecule has 0 aliphatic carbocycles. The molecule has 0 spiro atoms. The van der Waals surface area contributed by atoms with E-state index in [0.29, 0.717) is 12.4 Å². The van der Waals surface area contributed by atoms with Crippen LogP contribution in [-0.2, 0) is 13.0 Å². The van der Waals surface area contributed by atoms with Gasteiger partial charge in [-0.2, -0.15) is 0 Å². The summed E-state index contributed by atoms with van der Waals surface area (Å²) in [6.45, 7) is 2.22. The van der Waals surface area contributed by atoms with Crippen LogP contribution in [0.15, 0.2) is 54.6 Å². The minimum Gasteiger partial charge on any atom is -0.481 e. The molecule has 26 heavy (non-hydrogen) atoms. The average molecular weight is 349 g/mol. The Morgan fingerprint density at radius 2 is 1.88 bits per heavy atom. The van der Waals surface area contributed by atoms with E-state index >= 15 is 0 Å². The first-order valence-electron chi connectivity index (χ1n) is 8.96. The number of nitrogens with zero attached hydrogens (tertiary/aromatic N) is 3. The van der Waals surface area contributed by atoms with Gasteiger partial charge in [0.2, 0.25) is 5.88 Å². The lowest BCUT2D eigenvalue weighted by Gasteiger charge is -2.15. The van der Waals surface area contributed by atoms with Crippen LogP contribution < -0.4 is 4.74 Å². The molecule has 0 radical (unpaired) electrons. The molecule has 3 aromatic rings. The van der Waals surface area contributed by atoms with Crippen molar-refractivity contribution in [1.29, 1.82) is 0 Å². The number of ether oxygens (including phenoxy) is 1. The van der Waals surface area contributed by atoms with Crippen LogP contribution >= 0.6 is 0 Å². The summed E-state index contributed by atoms with van der Waals surface area (Å²) in [5.74, 6) is 0.813. The fourth-order valence-electron chi connectivity index (χ4n) is 3.65. The molecule has 0 unspecified atom stereocenters. The van der Waals surface area contributed by atoms with Gasteiger partial charge in [0.15, 0.2) is 0 Å². The van der Waals surface area contributed by atoms with Crippen LogP contribution in [0, 0.1) is 5.92 Å². The number of methoxy groups -OCH3 is 1. The topological polar surface area (TPSA) is 58.5 Å². The second-order valence-corrected chi connectivity index (χ2v) is 6.89. The number of aromatic nitrogens is 2. The van der Waals surface area contributed by atoms with Gasteiger partial charge in [0.05, 0.1) is 24.4 Å². The molecule has 4 rings (SSSR count). The van der Waals surface area contributed by atoms with E-state index in [1.165, 1.54) is 0 Å². The van der Waals surface area contributed by atoms with Gasteiger partial charge in [-0.05, 0) is 24.6 Å². The molecule has 2 atom stereocenters. The van der Waals surface area contributed by atoms with E-state index < -0.39 is 0 Å². The fourth-order valence-corrected chi connectivity index (χ4v) is 3.65. The van der Waals surface area contributed by atoms with Crippen LogP contribution in [0.1, 0.15) is 11.4 Å². The van der Waals surface area contributed by atoms with E-state index in [4.69, 9.17) is 9.72 Å². The zero-order valence-corrected chi connectivity index (χ0v) is 14.9. The Kier molecular flexibility index (Phi) is 4.82. The molecule has 0 saturated carbocycles. The van der Waals surface area contributed by atoms with Crippen LogP contribution in [0.2, 0.25) is 0 Å². The lowest BCUT2D eigenvalue weighted by molar-refractivity contribution is 0.140. The third-order valence-electron chi connectivity index (χ3n) is 4.99. The number of fused-ring (bicyclic) bond motifs is 1. The second kappa shape index (κ2) is 7.40. The highest BCUT2D eigenvalue weighted by molar-refractivity contribution is 5.78. The van der Waals surface area contributed by atoms with Crippen LogP contribution in [0.3, 0.4) is 0 Å². The second-order valence-electron chi connectivity index (χ2n) is 6.89. The molecule has 3 heterocycles. The minimum absolute atomic E-state index is 0.189. The first-order valence-corrected chi connectivity index (χ1v) is 8.96. The summed E-state index contributed by atoms with van der Waals surface area (Å²) in [6.07, 6.45) is 0.447. The fraction of sp³-hybridized carbons (Fsp3) is 0.333. The van der Waals surface area contributed by atoms with Crippen LogP contribution in [0.4, 0.5) is 0 Å². The predicted octanol–water partition coefficient (Wildman–Crippen LogP) is 2.67. The van der Waals surface area contributed by atoms with Gasteiger partial charge in [-0.25, -0.2) is 4.98 Å². The maximum Gasteiger partial charge on any atom is 0.213 e. The SMILES string of the molecule is COc1cccc(CN2C[C@@H](Cc3ccc4ccccc4n3)[C@H](O)C2)n1. The molecule has 0 bridgehead atoms. The van der Waals surface area contributed by atoms with Crippen molar-refractivity contribution in [3.05, 3.63) is 66.0 Å². The Bertz CT molecular complexity index is 899. The van der Waals surface area contributed by atoms with Gasteiger partial charge in [-0.15, -0.1) is 0 Å². The molecule has 1 saturated heterocycles. The number of hydrogen-bond donors (Lipinski definition) is 1. The molecule has 1 N–H and O–H groups in total. The summed E-state index contributed by atoms with van der Waals surface area (Å²) >= 11 is 0. The van der Waals surface area contributed by atoms with Gasteiger partial charge in [0.1, 0.15) is 0 Å². The van der Waals surface area contributed by atoms with Crippen molar-refractivity contribution in [2.45, 2.75) is 19.1 Å². The maximum atomic E-state index is 10.5. The van der Waals surface area contributed by atoms with Gasteiger partial charge in [0, 0.05) is 42.7 Å². The molecular weight excluding hydrogens is 326 g/mol. The summed E-state index contributed by atoms with van der Waals surface area (Å²) in [5, 5.41) is 11.6. The van der Waals surface area contributed by atoms with Crippen LogP contribution in [0.25, 0.3) is 10.9 Å². The Balaban J connectivity index is 1.42. The third-order valence-corrected chi connectivity index (χ3v) is 4.99. The zero-order chi connectivity index (χ0) is 17.9. The molecular formula is C21H23N3O2. The minimum atomic E-state index is -0.339. The van der Waals surface area contributed by atoms with Crippen molar-refractivity contribution < 1.29 is 9.84 Å². The van der Waals surface area contributed by atoms with Crippen molar-refractivity contribution in [2.75, 3.05) is 20.2 Å². The number of β-amino-alcohol motifs (C(OH)–C–C–N with tert-alkyl or cyclic N) is 1. The number of para-hydroxylation sites is 1. The highest BCUT2D eigenvalue weighted by Gasteiger charge is 2.31. The van der Waals surface area contributed by atoms with E-state index in [1.807, 2.05) is 36.4 Å². The highest BCUT2D eigenvalue weighted by Crippen LogP contribution is 2.23. The van der Waals surface area contributed by atoms with Crippen LogP contribution in [-0.4, -0.2) is 46.3 Å². The number of benzene rings is 1. The van der Waals surface area contributed by atoms with E-state index in [9.17, 15) is 5.11 Å². The standard InChI is InChI=1S/C21H23N3O2/c1-26-21-8-4-6-18(23-21)13-24-12-16(20(25)14-24)11-17-10-9-15-5-2-3-7-19(15)22-17/h2-10,16,20,25H,11-14H2,1H3/t16-,20-/m1/s1. The smallest absolute Gasteiger partial charge is 0.213 e. The quantitative estimate of drug-likeness (QED) is 0.767. The summed E-state index contributed by atoms with van der Waals surface area (Å²) in [4.78, 5) is 11.5. The van der Waals surface area contributed by atoms with Gasteiger partial charge >= 0.3 is 0 Å². The number of aliphatic hydroxyl groups excluding tert-OH is 1. The molecule has 5 nitrogen and oxygen atoms in total. The largest absolute Gasteiger partial charge is 0.481 e. The summed E-state index contributed by atoms with van der Waals surface area (Å²) in [6, 6.07) is 18.1. The van der Waals surface area contributed by atoms with Crippen LogP contribution in [0.5, 0.6) is 5.88 Å². The maximum absolute atomic E-state index is 10.5. The van der Waals surface area contributed by atoms with Crippen molar-refractivity contribution in [3.8, 4) is 5.88 Å². The number of rotatable bonds is 5. The van der Waals surface area contributed by atoms with E-state index in [1.54, 1.807) is 7.11 Å². The highest BCUT2D eigenvalue weighted by atomic mass is 16.5. The number of aliphatic hydroxyl groups is 1. The molecule has 5 heteroatoms. The van der Waals surface area contributed by atoms with Gasteiger partial charge < -0.3 is 9.84 Å². The molecule has 134 valence electrons. The number of pyridine rings is 2. The summed E-state index contributed by atoms with van der Waals surface area (Å²) in [7, 11) is 1.62. The zero-order valence-electron chi connectivity index (χ0n) is 14.9. The molecule has 1 aliphatic rings. The molecule has 1 aromatic carbocycles. The van der Waals surface area contributed by atoms with Gasteiger partial charge in [0.25, 0.3) is 0 Å². The van der Waals surface area contributed by atoms with Gasteiger partial charge in [-0.3, -0.25) is 9.88 Å². The monoisotopic (exact) mass is 349 g/mol. The first kappa shape index (κ1) is 16.9. The first-order chi connectivity index (χ1) is 12.7. The lowest BCUT2D eigenvalue weighted by Crippen LogP contribution is -2.22. The molecule has 1 aliphatic heterocycles. The average Bonchev–Trinajstić information content (AvgIpc) is 3.00. The molecule has 0 amide bonds. The third kappa shape index (κ3) is 3.69. The Hall–Kier alpha value is -2.50. The van der Waals surface area contributed by atoms with Gasteiger partial charge in [-0.1, -0.05) is 30.3 Å². The van der Waals surface area contributed by atoms with E-state index in [0.717, 1.165) is 41.8 Å². The Morgan fingerprint density at radius 3 is 2.77 bits per heavy atom. The Morgan fingerprint density at radius 1 is 1.00 bits per heavy atom. The number of likely N-dealkylation sites (tertiary alicyclic amines) is 1. The van der Waals surface area contributed by atoms with Crippen molar-refractivity contribution in [1.82, 2.24) is 14.9 Å². The van der Waals surface area contributed by atoms with Crippen molar-refractivity contribution in [3.63, 3.8) is 0 Å². The van der Waals surface area contributed by atoms with Crippen molar-refractivity contribution >= 4 is 10.9 Å². The number of hydrogen-bond acceptors (Lipinski definition) is 5.